The number of nitrogens with one attached hydrogen (secondary N) is 1. The number of fused-ring (bicyclic) bond motifs is 1. The number of hydrogen-bond donors (Lipinski definition) is 1. The van der Waals surface area contributed by atoms with Crippen LogP contribution in [0.4, 0.5) is 0 Å². The Hall–Kier alpha value is -1.45. The molecule has 0 saturated carbocycles. The molecular weight excluding hydrogens is 284 g/mol. The fourth-order valence-corrected chi connectivity index (χ4v) is 2.86. The molecular formula is C17H21ClN2O. The van der Waals surface area contributed by atoms with Gasteiger partial charge in [0.25, 0.3) is 0 Å². The minimum Gasteiger partial charge on any atom is -0.316 e. The average Bonchev–Trinajstić information content (AvgIpc) is 2.53. The lowest BCUT2D eigenvalue weighted by Gasteiger charge is -2.22. The van der Waals surface area contributed by atoms with Crippen molar-refractivity contribution in [1.29, 1.82) is 0 Å². The van der Waals surface area contributed by atoms with Gasteiger partial charge in [0.2, 0.25) is 0 Å². The van der Waals surface area contributed by atoms with Crippen LogP contribution in [-0.4, -0.2) is 23.9 Å². The van der Waals surface area contributed by atoms with Gasteiger partial charge in [-0.1, -0.05) is 24.3 Å². The van der Waals surface area contributed by atoms with Gasteiger partial charge >= 0.3 is 0 Å². The predicted molar refractivity (Wildman–Crippen MR) is 88.1 cm³/mol. The van der Waals surface area contributed by atoms with Crippen LogP contribution >= 0.6 is 12.4 Å². The van der Waals surface area contributed by atoms with E-state index in [-0.39, 0.29) is 18.2 Å². The lowest BCUT2D eigenvalue weighted by atomic mass is 9.93. The van der Waals surface area contributed by atoms with Crippen molar-refractivity contribution in [3.8, 4) is 0 Å². The standard InChI is InChI=1S/C17H20N2O.ClH/c20-17(10-7-13-4-3-11-18-12-13)16-9-8-14-5-1-2-6-15(14)19-16;/h1-2,5-6,8-9,13,18H,3-4,7,10-12H2;1H. The number of carbonyl (C=O) groups is 1. The van der Waals surface area contributed by atoms with Crippen LogP contribution < -0.4 is 5.32 Å². The summed E-state index contributed by atoms with van der Waals surface area (Å²) < 4.78 is 0. The van der Waals surface area contributed by atoms with Gasteiger partial charge in [-0.15, -0.1) is 12.4 Å². The molecule has 2 aromatic rings. The summed E-state index contributed by atoms with van der Waals surface area (Å²) in [6.45, 7) is 2.18. The normalized spacial score (nSPS) is 18.2. The first-order valence-corrected chi connectivity index (χ1v) is 7.42. The summed E-state index contributed by atoms with van der Waals surface area (Å²) in [6.07, 6.45) is 4.05. The number of para-hydroxylation sites is 1. The molecule has 2 heterocycles. The highest BCUT2D eigenvalue weighted by atomic mass is 35.5. The summed E-state index contributed by atoms with van der Waals surface area (Å²) in [6, 6.07) is 11.8. The fourth-order valence-electron chi connectivity index (χ4n) is 2.86. The van der Waals surface area contributed by atoms with E-state index in [1.54, 1.807) is 0 Å². The second-order valence-electron chi connectivity index (χ2n) is 5.56. The number of nitrogens with zero attached hydrogens (tertiary/aromatic N) is 1. The smallest absolute Gasteiger partial charge is 0.181 e. The zero-order valence-corrected chi connectivity index (χ0v) is 12.9. The molecule has 1 aliphatic rings. The molecule has 1 N–H and O–H groups in total. The van der Waals surface area contributed by atoms with Gasteiger partial charge in [0.05, 0.1) is 5.52 Å². The van der Waals surface area contributed by atoms with Gasteiger partial charge < -0.3 is 5.32 Å². The van der Waals surface area contributed by atoms with Crippen molar-refractivity contribution < 1.29 is 4.79 Å². The summed E-state index contributed by atoms with van der Waals surface area (Å²) in [5.41, 5.74) is 1.50. The molecule has 0 radical (unpaired) electrons. The van der Waals surface area contributed by atoms with Crippen LogP contribution in [0.1, 0.15) is 36.2 Å². The van der Waals surface area contributed by atoms with E-state index in [0.29, 0.717) is 18.0 Å². The summed E-state index contributed by atoms with van der Waals surface area (Å²) in [4.78, 5) is 16.7. The van der Waals surface area contributed by atoms with Gasteiger partial charge in [0, 0.05) is 11.8 Å². The highest BCUT2D eigenvalue weighted by Crippen LogP contribution is 2.18. The van der Waals surface area contributed by atoms with Gasteiger partial charge in [-0.3, -0.25) is 4.79 Å². The number of Topliss-reactive ketones (excluding diaryl/α,β-unsaturated/α-hetero) is 1. The Kier molecular flexibility index (Phi) is 5.71. The van der Waals surface area contributed by atoms with Crippen LogP contribution in [0.25, 0.3) is 10.9 Å². The number of benzene rings is 1. The molecule has 1 atom stereocenters. The number of pyridine rings is 1. The SMILES string of the molecule is Cl.O=C(CCC1CCCNC1)c1ccc2ccccc2n1. The van der Waals surface area contributed by atoms with E-state index < -0.39 is 0 Å². The number of hydrogen-bond acceptors (Lipinski definition) is 3. The minimum absolute atomic E-state index is 0. The maximum absolute atomic E-state index is 12.2. The van der Waals surface area contributed by atoms with E-state index in [9.17, 15) is 4.79 Å². The van der Waals surface area contributed by atoms with Crippen LogP contribution in [0.3, 0.4) is 0 Å². The molecule has 3 rings (SSSR count). The minimum atomic E-state index is 0. The maximum atomic E-state index is 12.2. The van der Waals surface area contributed by atoms with Crippen molar-refractivity contribution in [2.24, 2.45) is 5.92 Å². The van der Waals surface area contributed by atoms with Crippen molar-refractivity contribution in [1.82, 2.24) is 10.3 Å². The first kappa shape index (κ1) is 15.9. The van der Waals surface area contributed by atoms with Gasteiger partial charge in [-0.05, 0) is 50.4 Å². The third kappa shape index (κ3) is 4.02. The molecule has 1 aromatic heterocycles. The Morgan fingerprint density at radius 1 is 1.24 bits per heavy atom. The van der Waals surface area contributed by atoms with Crippen LogP contribution in [0.15, 0.2) is 36.4 Å². The summed E-state index contributed by atoms with van der Waals surface area (Å²) >= 11 is 0. The quantitative estimate of drug-likeness (QED) is 0.877. The Labute approximate surface area is 131 Å². The molecule has 1 unspecified atom stereocenters. The number of piperidine rings is 1. The van der Waals surface area contributed by atoms with E-state index in [1.807, 2.05) is 36.4 Å². The molecule has 0 aliphatic carbocycles. The average molecular weight is 305 g/mol. The monoisotopic (exact) mass is 304 g/mol. The Morgan fingerprint density at radius 2 is 2.10 bits per heavy atom. The topological polar surface area (TPSA) is 42.0 Å². The number of ketones is 1. The second kappa shape index (κ2) is 7.53. The van der Waals surface area contributed by atoms with E-state index in [1.165, 1.54) is 12.8 Å². The van der Waals surface area contributed by atoms with Crippen molar-refractivity contribution in [3.05, 3.63) is 42.1 Å². The molecule has 0 bridgehead atoms. The Balaban J connectivity index is 0.00000161. The van der Waals surface area contributed by atoms with Gasteiger partial charge in [0.15, 0.2) is 5.78 Å². The number of carbonyl (C=O) groups excluding carboxylic acids is 1. The van der Waals surface area contributed by atoms with Crippen LogP contribution in [0.5, 0.6) is 0 Å². The summed E-state index contributed by atoms with van der Waals surface area (Å²) in [5, 5.41) is 4.48. The van der Waals surface area contributed by atoms with Crippen LogP contribution in [0.2, 0.25) is 0 Å². The van der Waals surface area contributed by atoms with Crippen molar-refractivity contribution in [3.63, 3.8) is 0 Å². The zero-order chi connectivity index (χ0) is 13.8. The van der Waals surface area contributed by atoms with Crippen molar-refractivity contribution >= 4 is 29.1 Å². The van der Waals surface area contributed by atoms with Gasteiger partial charge in [-0.2, -0.15) is 0 Å². The third-order valence-corrected chi connectivity index (χ3v) is 4.06. The highest BCUT2D eigenvalue weighted by molar-refractivity contribution is 5.96. The zero-order valence-electron chi connectivity index (χ0n) is 12.0. The first-order chi connectivity index (χ1) is 9.83. The third-order valence-electron chi connectivity index (χ3n) is 4.06. The van der Waals surface area contributed by atoms with E-state index >= 15 is 0 Å². The molecule has 0 spiro atoms. The second-order valence-corrected chi connectivity index (χ2v) is 5.56. The number of halogens is 1. The van der Waals surface area contributed by atoms with Crippen molar-refractivity contribution in [2.45, 2.75) is 25.7 Å². The molecule has 0 amide bonds. The lowest BCUT2D eigenvalue weighted by molar-refractivity contribution is 0.0967. The predicted octanol–water partition coefficient (Wildman–Crippen LogP) is 3.62. The number of aromatic nitrogens is 1. The lowest BCUT2D eigenvalue weighted by Crippen LogP contribution is -2.30. The molecule has 4 heteroatoms. The maximum Gasteiger partial charge on any atom is 0.181 e. The van der Waals surface area contributed by atoms with Crippen molar-refractivity contribution in [2.75, 3.05) is 13.1 Å². The summed E-state index contributed by atoms with van der Waals surface area (Å²) in [7, 11) is 0. The Morgan fingerprint density at radius 3 is 2.90 bits per heavy atom. The van der Waals surface area contributed by atoms with Gasteiger partial charge in [0.1, 0.15) is 5.69 Å². The molecule has 21 heavy (non-hydrogen) atoms. The molecule has 1 aromatic carbocycles. The Bertz CT molecular complexity index is 609. The van der Waals surface area contributed by atoms with E-state index in [2.05, 4.69) is 10.3 Å². The number of rotatable bonds is 4. The highest BCUT2D eigenvalue weighted by Gasteiger charge is 2.15. The fraction of sp³-hybridized carbons (Fsp3) is 0.412. The van der Waals surface area contributed by atoms with Gasteiger partial charge in [-0.25, -0.2) is 4.98 Å². The molecule has 112 valence electrons. The first-order valence-electron chi connectivity index (χ1n) is 7.42. The molecule has 1 aliphatic heterocycles. The largest absolute Gasteiger partial charge is 0.316 e. The molecule has 1 fully saturated rings. The molecule has 3 nitrogen and oxygen atoms in total. The van der Waals surface area contributed by atoms with E-state index in [0.717, 1.165) is 30.4 Å². The summed E-state index contributed by atoms with van der Waals surface area (Å²) in [5.74, 6) is 0.814. The van der Waals surface area contributed by atoms with Crippen LogP contribution in [0, 0.1) is 5.92 Å². The van der Waals surface area contributed by atoms with Crippen LogP contribution in [-0.2, 0) is 0 Å². The van der Waals surface area contributed by atoms with E-state index in [4.69, 9.17) is 0 Å². The molecule has 1 saturated heterocycles.